The van der Waals surface area contributed by atoms with E-state index in [1.807, 2.05) is 49.3 Å². The molecule has 1 aromatic carbocycles. The van der Waals surface area contributed by atoms with Crippen LogP contribution in [0.3, 0.4) is 0 Å². The number of benzene rings is 1. The molecule has 2 heterocycles. The molecule has 108 valence electrons. The Morgan fingerprint density at radius 3 is 2.71 bits per heavy atom. The first-order valence-corrected chi connectivity index (χ1v) is 6.45. The maximum Gasteiger partial charge on any atom is 0.282 e. The van der Waals surface area contributed by atoms with Crippen molar-refractivity contribution in [2.45, 2.75) is 6.54 Å². The number of aromatic hydroxyl groups is 1. The molecule has 0 saturated heterocycles. The van der Waals surface area contributed by atoms with Crippen LogP contribution < -0.4 is 0 Å². The summed E-state index contributed by atoms with van der Waals surface area (Å²) < 4.78 is 6.73. The molecule has 7 nitrogen and oxygen atoms in total. The Morgan fingerprint density at radius 1 is 1.24 bits per heavy atom. The topological polar surface area (TPSA) is 80.2 Å². The van der Waals surface area contributed by atoms with E-state index in [1.54, 1.807) is 4.68 Å². The fourth-order valence-corrected chi connectivity index (χ4v) is 1.93. The molecule has 0 spiro atoms. The van der Waals surface area contributed by atoms with Crippen LogP contribution in [0.4, 0.5) is 0 Å². The van der Waals surface area contributed by atoms with Crippen molar-refractivity contribution in [2.24, 2.45) is 0 Å². The maximum atomic E-state index is 10.0. The lowest BCUT2D eigenvalue weighted by atomic mass is 10.3. The molecular weight excluding hydrogens is 270 g/mol. The van der Waals surface area contributed by atoms with Crippen LogP contribution in [-0.4, -0.2) is 44.0 Å². The molecule has 0 fully saturated rings. The number of rotatable bonds is 4. The molecule has 0 amide bonds. The van der Waals surface area contributed by atoms with Crippen LogP contribution in [0.15, 0.2) is 41.1 Å². The van der Waals surface area contributed by atoms with Gasteiger partial charge in [0.15, 0.2) is 17.3 Å². The molecule has 1 N–H and O–H groups in total. The fourth-order valence-electron chi connectivity index (χ4n) is 1.93. The zero-order chi connectivity index (χ0) is 14.8. The van der Waals surface area contributed by atoms with Crippen LogP contribution in [-0.2, 0) is 6.54 Å². The van der Waals surface area contributed by atoms with Gasteiger partial charge in [-0.25, -0.2) is 4.68 Å². The van der Waals surface area contributed by atoms with E-state index in [4.69, 9.17) is 4.52 Å². The number of aromatic nitrogens is 4. The molecule has 0 unspecified atom stereocenters. The van der Waals surface area contributed by atoms with E-state index in [0.717, 1.165) is 5.69 Å². The Morgan fingerprint density at radius 2 is 2.00 bits per heavy atom. The second kappa shape index (κ2) is 5.37. The first-order valence-electron chi connectivity index (χ1n) is 6.45. The summed E-state index contributed by atoms with van der Waals surface area (Å²) in [4.78, 5) is 6.16. The molecule has 3 aromatic rings. The van der Waals surface area contributed by atoms with Crippen molar-refractivity contribution in [3.8, 4) is 23.0 Å². The summed E-state index contributed by atoms with van der Waals surface area (Å²) in [5.74, 6) is 0.751. The molecule has 0 aliphatic carbocycles. The number of para-hydroxylation sites is 1. The SMILES string of the molecule is CN(C)Cc1noc(-c2nn(-c3ccccc3)cc2O)n1. The highest BCUT2D eigenvalue weighted by Gasteiger charge is 2.18. The monoisotopic (exact) mass is 285 g/mol. The quantitative estimate of drug-likeness (QED) is 0.785. The van der Waals surface area contributed by atoms with Gasteiger partial charge in [-0.2, -0.15) is 10.1 Å². The van der Waals surface area contributed by atoms with Crippen molar-refractivity contribution in [2.75, 3.05) is 14.1 Å². The lowest BCUT2D eigenvalue weighted by Gasteiger charge is -2.03. The summed E-state index contributed by atoms with van der Waals surface area (Å²) in [5, 5.41) is 18.2. The molecule has 0 bridgehead atoms. The summed E-state index contributed by atoms with van der Waals surface area (Å²) in [6.45, 7) is 0.559. The van der Waals surface area contributed by atoms with Crippen LogP contribution >= 0.6 is 0 Å². The minimum atomic E-state index is -0.00101. The van der Waals surface area contributed by atoms with E-state index < -0.39 is 0 Å². The number of hydrogen-bond acceptors (Lipinski definition) is 6. The molecule has 0 radical (unpaired) electrons. The molecule has 2 aromatic heterocycles. The van der Waals surface area contributed by atoms with E-state index in [1.165, 1.54) is 6.20 Å². The third-order valence-corrected chi connectivity index (χ3v) is 2.84. The van der Waals surface area contributed by atoms with E-state index in [2.05, 4.69) is 15.2 Å². The van der Waals surface area contributed by atoms with Crippen molar-refractivity contribution >= 4 is 0 Å². The summed E-state index contributed by atoms with van der Waals surface area (Å²) in [5.41, 5.74) is 1.11. The highest BCUT2D eigenvalue weighted by Crippen LogP contribution is 2.27. The van der Waals surface area contributed by atoms with E-state index >= 15 is 0 Å². The van der Waals surface area contributed by atoms with Crippen molar-refractivity contribution in [3.05, 3.63) is 42.4 Å². The van der Waals surface area contributed by atoms with Crippen molar-refractivity contribution < 1.29 is 9.63 Å². The normalized spacial score (nSPS) is 11.2. The smallest absolute Gasteiger partial charge is 0.282 e. The van der Waals surface area contributed by atoms with Crippen LogP contribution in [0.5, 0.6) is 5.75 Å². The Bertz CT molecular complexity index is 733. The maximum absolute atomic E-state index is 10.0. The van der Waals surface area contributed by atoms with Gasteiger partial charge in [0.05, 0.1) is 18.4 Å². The number of nitrogens with zero attached hydrogens (tertiary/aromatic N) is 5. The van der Waals surface area contributed by atoms with Gasteiger partial charge in [0.2, 0.25) is 0 Å². The van der Waals surface area contributed by atoms with Crippen LogP contribution in [0.1, 0.15) is 5.82 Å². The van der Waals surface area contributed by atoms with Crippen LogP contribution in [0, 0.1) is 0 Å². The van der Waals surface area contributed by atoms with Gasteiger partial charge < -0.3 is 14.5 Å². The summed E-state index contributed by atoms with van der Waals surface area (Å²) >= 11 is 0. The predicted molar refractivity (Wildman–Crippen MR) is 75.9 cm³/mol. The molecule has 3 rings (SSSR count). The molecule has 0 saturated carbocycles. The zero-order valence-corrected chi connectivity index (χ0v) is 11.8. The van der Waals surface area contributed by atoms with Gasteiger partial charge >= 0.3 is 0 Å². The second-order valence-corrected chi connectivity index (χ2v) is 4.90. The van der Waals surface area contributed by atoms with Gasteiger partial charge in [0.25, 0.3) is 5.89 Å². The molecule has 21 heavy (non-hydrogen) atoms. The molecule has 0 aliphatic heterocycles. The highest BCUT2D eigenvalue weighted by atomic mass is 16.5. The standard InChI is InChI=1S/C14H15N5O2/c1-18(2)9-12-15-14(21-17-12)13-11(20)8-19(16-13)10-6-4-3-5-7-10/h3-8,20H,9H2,1-2H3. The van der Waals surface area contributed by atoms with Crippen molar-refractivity contribution in [1.29, 1.82) is 0 Å². The third-order valence-electron chi connectivity index (χ3n) is 2.84. The summed E-state index contributed by atoms with van der Waals surface area (Å²) in [6.07, 6.45) is 1.51. The van der Waals surface area contributed by atoms with E-state index in [0.29, 0.717) is 12.4 Å². The molecular formula is C14H15N5O2. The molecule has 0 atom stereocenters. The number of hydrogen-bond donors (Lipinski definition) is 1. The molecule has 0 aliphatic rings. The second-order valence-electron chi connectivity index (χ2n) is 4.90. The lowest BCUT2D eigenvalue weighted by molar-refractivity contribution is 0.365. The zero-order valence-electron chi connectivity index (χ0n) is 11.8. The first kappa shape index (κ1) is 13.3. The first-order chi connectivity index (χ1) is 10.1. The van der Waals surface area contributed by atoms with Crippen LogP contribution in [0.25, 0.3) is 17.3 Å². The van der Waals surface area contributed by atoms with Gasteiger partial charge in [-0.15, -0.1) is 0 Å². The Hall–Kier alpha value is -2.67. The fraction of sp³-hybridized carbons (Fsp3) is 0.214. The van der Waals surface area contributed by atoms with Gasteiger partial charge in [-0.1, -0.05) is 23.4 Å². The van der Waals surface area contributed by atoms with Gasteiger partial charge in [0, 0.05) is 0 Å². The average molecular weight is 285 g/mol. The predicted octanol–water partition coefficient (Wildman–Crippen LogP) is 1.69. The van der Waals surface area contributed by atoms with Gasteiger partial charge in [-0.3, -0.25) is 0 Å². The van der Waals surface area contributed by atoms with Crippen LogP contribution in [0.2, 0.25) is 0 Å². The van der Waals surface area contributed by atoms with Crippen molar-refractivity contribution in [3.63, 3.8) is 0 Å². The summed E-state index contributed by atoms with van der Waals surface area (Å²) in [7, 11) is 3.83. The Kier molecular flexibility index (Phi) is 3.41. The Balaban J connectivity index is 1.93. The van der Waals surface area contributed by atoms with Gasteiger partial charge in [-0.05, 0) is 26.2 Å². The lowest BCUT2D eigenvalue weighted by Crippen LogP contribution is -2.11. The Labute approximate surface area is 121 Å². The third kappa shape index (κ3) is 2.77. The minimum absolute atomic E-state index is 0.00101. The summed E-state index contributed by atoms with van der Waals surface area (Å²) in [6, 6.07) is 9.49. The largest absolute Gasteiger partial charge is 0.504 e. The minimum Gasteiger partial charge on any atom is -0.504 e. The van der Waals surface area contributed by atoms with Gasteiger partial charge in [0.1, 0.15) is 0 Å². The van der Waals surface area contributed by atoms with Crippen molar-refractivity contribution in [1.82, 2.24) is 24.8 Å². The molecule has 7 heteroatoms. The average Bonchev–Trinajstić information content (AvgIpc) is 3.06. The highest BCUT2D eigenvalue weighted by molar-refractivity contribution is 5.56. The van der Waals surface area contributed by atoms with E-state index in [9.17, 15) is 5.11 Å². The van der Waals surface area contributed by atoms with E-state index in [-0.39, 0.29) is 17.3 Å².